The minimum absolute atomic E-state index is 0.00360. The molecule has 3 N–H and O–H groups in total. The fourth-order valence-corrected chi connectivity index (χ4v) is 2.06. The second-order valence-corrected chi connectivity index (χ2v) is 4.66. The summed E-state index contributed by atoms with van der Waals surface area (Å²) in [5.41, 5.74) is 6.35. The number of rotatable bonds is 1. The maximum atomic E-state index is 12.8. The summed E-state index contributed by atoms with van der Waals surface area (Å²) in [6.07, 6.45) is -4.41. The Morgan fingerprint density at radius 3 is 2.50 bits per heavy atom. The molecule has 0 atom stereocenters. The van der Waals surface area contributed by atoms with Crippen LogP contribution in [0.4, 0.5) is 19.0 Å². The van der Waals surface area contributed by atoms with Crippen LogP contribution in [0.1, 0.15) is 11.1 Å². The molecule has 0 fully saturated rings. The predicted octanol–water partition coefficient (Wildman–Crippen LogP) is 3.75. The number of nitrogens with two attached hydrogens (primary N) is 1. The number of nitrogen functional groups attached to an aromatic ring is 1. The first-order valence-electron chi connectivity index (χ1n) is 4.98. The molecule has 1 aromatic heterocycles. The molecule has 0 saturated carbocycles. The third-order valence-corrected chi connectivity index (χ3v) is 3.30. The number of H-pyrrole nitrogens is 1. The van der Waals surface area contributed by atoms with Crippen LogP contribution in [0.25, 0.3) is 11.3 Å². The molecule has 0 amide bonds. The number of nitrogens with one attached hydrogen (secondary N) is 1. The van der Waals surface area contributed by atoms with Gasteiger partial charge in [0.2, 0.25) is 0 Å². The van der Waals surface area contributed by atoms with Crippen LogP contribution in [-0.2, 0) is 6.18 Å². The van der Waals surface area contributed by atoms with Gasteiger partial charge in [-0.3, -0.25) is 5.10 Å². The highest BCUT2D eigenvalue weighted by Gasteiger charge is 2.33. The van der Waals surface area contributed by atoms with Crippen molar-refractivity contribution in [1.82, 2.24) is 10.2 Å². The minimum atomic E-state index is -4.41. The lowest BCUT2D eigenvalue weighted by Gasteiger charge is -2.10. The van der Waals surface area contributed by atoms with Crippen LogP contribution in [0.5, 0.6) is 0 Å². The van der Waals surface area contributed by atoms with E-state index in [1.165, 1.54) is 6.07 Å². The lowest BCUT2D eigenvalue weighted by molar-refractivity contribution is -0.138. The van der Waals surface area contributed by atoms with Gasteiger partial charge in [-0.1, -0.05) is 22.0 Å². The van der Waals surface area contributed by atoms with Crippen molar-refractivity contribution in [3.63, 3.8) is 0 Å². The van der Waals surface area contributed by atoms with Crippen molar-refractivity contribution >= 4 is 21.7 Å². The standard InChI is InChI=1S/C11H9BrF3N3/c1-5-9(17-18-10(5)16)6-2-3-8(12)7(4-6)11(13,14)15/h2-4H,1H3,(H3,16,17,18). The summed E-state index contributed by atoms with van der Waals surface area (Å²) in [6, 6.07) is 3.98. The van der Waals surface area contributed by atoms with Gasteiger partial charge in [-0.15, -0.1) is 0 Å². The largest absolute Gasteiger partial charge is 0.417 e. The maximum absolute atomic E-state index is 12.8. The van der Waals surface area contributed by atoms with Crippen molar-refractivity contribution in [2.75, 3.05) is 5.73 Å². The summed E-state index contributed by atoms with van der Waals surface area (Å²) in [6.45, 7) is 1.70. The molecule has 0 aliphatic rings. The van der Waals surface area contributed by atoms with Gasteiger partial charge >= 0.3 is 6.18 Å². The number of alkyl halides is 3. The van der Waals surface area contributed by atoms with E-state index in [0.717, 1.165) is 6.07 Å². The van der Waals surface area contributed by atoms with E-state index in [4.69, 9.17) is 5.73 Å². The molecule has 0 radical (unpaired) electrons. The van der Waals surface area contributed by atoms with Crippen molar-refractivity contribution in [1.29, 1.82) is 0 Å². The van der Waals surface area contributed by atoms with Crippen LogP contribution in [-0.4, -0.2) is 10.2 Å². The molecule has 2 rings (SSSR count). The summed E-state index contributed by atoms with van der Waals surface area (Å²) < 4.78 is 38.3. The smallest absolute Gasteiger partial charge is 0.382 e. The highest BCUT2D eigenvalue weighted by atomic mass is 79.9. The number of hydrogen-bond donors (Lipinski definition) is 2. The second-order valence-electron chi connectivity index (χ2n) is 3.80. The first kappa shape index (κ1) is 12.9. The molecule has 0 aliphatic carbocycles. The van der Waals surface area contributed by atoms with E-state index in [9.17, 15) is 13.2 Å². The molecular formula is C11H9BrF3N3. The SMILES string of the molecule is Cc1c(N)n[nH]c1-c1ccc(Br)c(C(F)(F)F)c1. The molecular weight excluding hydrogens is 311 g/mol. The van der Waals surface area contributed by atoms with Gasteiger partial charge in [0.15, 0.2) is 0 Å². The topological polar surface area (TPSA) is 54.7 Å². The lowest BCUT2D eigenvalue weighted by atomic mass is 10.1. The Bertz CT molecular complexity index is 590. The van der Waals surface area contributed by atoms with E-state index in [1.54, 1.807) is 13.0 Å². The number of benzene rings is 1. The zero-order valence-electron chi connectivity index (χ0n) is 9.27. The fourth-order valence-electron chi connectivity index (χ4n) is 1.59. The van der Waals surface area contributed by atoms with Crippen molar-refractivity contribution in [3.8, 4) is 11.3 Å². The monoisotopic (exact) mass is 319 g/mol. The van der Waals surface area contributed by atoms with Gasteiger partial charge in [0.05, 0.1) is 11.3 Å². The van der Waals surface area contributed by atoms with E-state index >= 15 is 0 Å². The number of aromatic amines is 1. The molecule has 0 saturated heterocycles. The zero-order valence-corrected chi connectivity index (χ0v) is 10.9. The molecule has 1 heterocycles. The van der Waals surface area contributed by atoms with Gasteiger partial charge in [0, 0.05) is 15.6 Å². The van der Waals surface area contributed by atoms with E-state index in [2.05, 4.69) is 26.1 Å². The second kappa shape index (κ2) is 4.31. The van der Waals surface area contributed by atoms with Gasteiger partial charge in [0.1, 0.15) is 5.82 Å². The van der Waals surface area contributed by atoms with Crippen LogP contribution in [0.3, 0.4) is 0 Å². The van der Waals surface area contributed by atoms with Crippen LogP contribution in [0.15, 0.2) is 22.7 Å². The average Bonchev–Trinajstić information content (AvgIpc) is 2.59. The lowest BCUT2D eigenvalue weighted by Crippen LogP contribution is -2.06. The summed E-state index contributed by atoms with van der Waals surface area (Å²) in [4.78, 5) is 0. The summed E-state index contributed by atoms with van der Waals surface area (Å²) in [5, 5.41) is 6.40. The summed E-state index contributed by atoms with van der Waals surface area (Å²) >= 11 is 2.89. The Hall–Kier alpha value is -1.50. The Balaban J connectivity index is 2.58. The molecule has 18 heavy (non-hydrogen) atoms. The number of halogens is 4. The molecule has 96 valence electrons. The van der Waals surface area contributed by atoms with Crippen molar-refractivity contribution in [3.05, 3.63) is 33.8 Å². The number of nitrogens with zero attached hydrogens (tertiary/aromatic N) is 1. The molecule has 0 unspecified atom stereocenters. The summed E-state index contributed by atoms with van der Waals surface area (Å²) in [5.74, 6) is 0.279. The Morgan fingerprint density at radius 1 is 1.33 bits per heavy atom. The van der Waals surface area contributed by atoms with E-state index in [1.807, 2.05) is 0 Å². The van der Waals surface area contributed by atoms with Crippen LogP contribution in [0.2, 0.25) is 0 Å². The third kappa shape index (κ3) is 2.22. The normalized spacial score (nSPS) is 11.8. The number of aromatic nitrogens is 2. The van der Waals surface area contributed by atoms with E-state index in [0.29, 0.717) is 16.8 Å². The average molecular weight is 320 g/mol. The first-order chi connectivity index (χ1) is 8.30. The van der Waals surface area contributed by atoms with Crippen LogP contribution in [0, 0.1) is 6.92 Å². The third-order valence-electron chi connectivity index (χ3n) is 2.61. The van der Waals surface area contributed by atoms with Gasteiger partial charge < -0.3 is 5.73 Å². The fraction of sp³-hybridized carbons (Fsp3) is 0.182. The Kier molecular flexibility index (Phi) is 3.10. The van der Waals surface area contributed by atoms with Gasteiger partial charge in [-0.2, -0.15) is 18.3 Å². The predicted molar refractivity (Wildman–Crippen MR) is 65.9 cm³/mol. The zero-order chi connectivity index (χ0) is 13.5. The minimum Gasteiger partial charge on any atom is -0.382 e. The van der Waals surface area contributed by atoms with Crippen molar-refractivity contribution < 1.29 is 13.2 Å². The molecule has 0 bridgehead atoms. The van der Waals surface area contributed by atoms with Crippen LogP contribution < -0.4 is 5.73 Å². The molecule has 0 aliphatic heterocycles. The van der Waals surface area contributed by atoms with E-state index in [-0.39, 0.29) is 10.3 Å². The molecule has 2 aromatic rings. The quantitative estimate of drug-likeness (QED) is 0.841. The highest BCUT2D eigenvalue weighted by molar-refractivity contribution is 9.10. The number of anilines is 1. The van der Waals surface area contributed by atoms with Gasteiger partial charge in [-0.05, 0) is 19.1 Å². The van der Waals surface area contributed by atoms with Crippen molar-refractivity contribution in [2.45, 2.75) is 13.1 Å². The number of hydrogen-bond acceptors (Lipinski definition) is 2. The highest BCUT2D eigenvalue weighted by Crippen LogP contribution is 2.37. The van der Waals surface area contributed by atoms with Gasteiger partial charge in [-0.25, -0.2) is 0 Å². The summed E-state index contributed by atoms with van der Waals surface area (Å²) in [7, 11) is 0. The first-order valence-corrected chi connectivity index (χ1v) is 5.77. The molecule has 3 nitrogen and oxygen atoms in total. The Morgan fingerprint density at radius 2 is 2.00 bits per heavy atom. The van der Waals surface area contributed by atoms with Crippen molar-refractivity contribution in [2.24, 2.45) is 0 Å². The Labute approximate surface area is 109 Å². The molecule has 7 heteroatoms. The van der Waals surface area contributed by atoms with E-state index < -0.39 is 11.7 Å². The molecule has 0 spiro atoms. The maximum Gasteiger partial charge on any atom is 0.417 e. The molecule has 1 aromatic carbocycles. The van der Waals surface area contributed by atoms with Gasteiger partial charge in [0.25, 0.3) is 0 Å². The van der Waals surface area contributed by atoms with Crippen LogP contribution >= 0.6 is 15.9 Å².